The first kappa shape index (κ1) is 13.8. The average molecular weight is 308 g/mol. The highest BCUT2D eigenvalue weighted by Crippen LogP contribution is 2.20. The quantitative estimate of drug-likeness (QED) is 0.747. The second-order valence-electron chi connectivity index (χ2n) is 4.63. The molecule has 2 aromatic heterocycles. The molecule has 8 nitrogen and oxygen atoms in total. The second kappa shape index (κ2) is 5.66. The van der Waals surface area contributed by atoms with Gasteiger partial charge in [0.2, 0.25) is 11.9 Å². The van der Waals surface area contributed by atoms with Crippen LogP contribution in [-0.2, 0) is 4.79 Å². The van der Waals surface area contributed by atoms with Crippen LogP contribution in [0.25, 0.3) is 5.95 Å². The van der Waals surface area contributed by atoms with Gasteiger partial charge in [-0.25, -0.2) is 9.97 Å². The van der Waals surface area contributed by atoms with E-state index in [0.717, 1.165) is 6.54 Å². The van der Waals surface area contributed by atoms with Gasteiger partial charge in [-0.05, 0) is 0 Å². The zero-order valence-electron chi connectivity index (χ0n) is 11.1. The van der Waals surface area contributed by atoms with Crippen molar-refractivity contribution in [2.45, 2.75) is 6.04 Å². The summed E-state index contributed by atoms with van der Waals surface area (Å²) in [5.74, 6) is 0.571. The van der Waals surface area contributed by atoms with Crippen molar-refractivity contribution in [2.75, 3.05) is 24.5 Å². The van der Waals surface area contributed by atoms with E-state index in [9.17, 15) is 4.79 Å². The minimum absolute atomic E-state index is 0.297. The fraction of sp³-hybridized carbons (Fsp3) is 0.333. The van der Waals surface area contributed by atoms with Gasteiger partial charge in [-0.2, -0.15) is 4.98 Å². The Morgan fingerprint density at radius 2 is 2.33 bits per heavy atom. The number of nitrogens with two attached hydrogens (primary N) is 1. The second-order valence-corrected chi connectivity index (χ2v) is 5.02. The predicted molar refractivity (Wildman–Crippen MR) is 77.4 cm³/mol. The Hall–Kier alpha value is -2.19. The molecule has 2 aromatic rings. The normalized spacial score (nSPS) is 18.7. The molecule has 1 aliphatic heterocycles. The largest absolute Gasteiger partial charge is 0.368 e. The zero-order chi connectivity index (χ0) is 14.8. The summed E-state index contributed by atoms with van der Waals surface area (Å²) in [6.45, 7) is 1.84. The molecular weight excluding hydrogens is 294 g/mol. The molecule has 0 bridgehead atoms. The molecule has 0 aromatic carbocycles. The number of halogens is 1. The molecule has 0 saturated carbocycles. The van der Waals surface area contributed by atoms with Crippen molar-refractivity contribution in [3.05, 3.63) is 29.9 Å². The van der Waals surface area contributed by atoms with Gasteiger partial charge in [-0.1, -0.05) is 11.6 Å². The van der Waals surface area contributed by atoms with E-state index in [1.54, 1.807) is 29.4 Å². The third kappa shape index (κ3) is 2.81. The average Bonchev–Trinajstić information content (AvgIpc) is 3.01. The fourth-order valence-corrected chi connectivity index (χ4v) is 2.44. The van der Waals surface area contributed by atoms with Crippen molar-refractivity contribution in [2.24, 2.45) is 5.73 Å². The number of rotatable bonds is 3. The van der Waals surface area contributed by atoms with E-state index in [0.29, 0.717) is 30.0 Å². The molecule has 0 spiro atoms. The summed E-state index contributed by atoms with van der Waals surface area (Å²) < 4.78 is 1.65. The molecule has 3 heterocycles. The van der Waals surface area contributed by atoms with Gasteiger partial charge in [0.05, 0.1) is 0 Å². The Morgan fingerprint density at radius 3 is 3.05 bits per heavy atom. The Balaban J connectivity index is 1.99. The summed E-state index contributed by atoms with van der Waals surface area (Å²) in [6, 6.07) is 1.17. The Kier molecular flexibility index (Phi) is 3.72. The standard InChI is InChI=1S/C12H14ClN7O/c13-9-5-10(18-12(17-9)19-3-1-16-7-19)20-4-2-15-6-8(20)11(14)21/h1,3,5,7-8,15H,2,4,6H2,(H2,14,21). The number of hydrogen-bond acceptors (Lipinski definition) is 6. The molecule has 9 heteroatoms. The van der Waals surface area contributed by atoms with E-state index in [1.165, 1.54) is 0 Å². The van der Waals surface area contributed by atoms with Gasteiger partial charge in [0, 0.05) is 38.1 Å². The van der Waals surface area contributed by atoms with Crippen LogP contribution in [0.4, 0.5) is 5.82 Å². The number of hydrogen-bond donors (Lipinski definition) is 2. The Labute approximate surface area is 125 Å². The van der Waals surface area contributed by atoms with Gasteiger partial charge >= 0.3 is 0 Å². The number of imidazole rings is 1. The maximum absolute atomic E-state index is 11.6. The third-order valence-corrected chi connectivity index (χ3v) is 3.46. The molecule has 1 unspecified atom stereocenters. The van der Waals surface area contributed by atoms with Gasteiger partial charge in [-0.3, -0.25) is 9.36 Å². The molecule has 21 heavy (non-hydrogen) atoms. The Bertz CT molecular complexity index is 645. The van der Waals surface area contributed by atoms with Crippen LogP contribution in [0.3, 0.4) is 0 Å². The highest BCUT2D eigenvalue weighted by Gasteiger charge is 2.28. The number of nitrogens with zero attached hydrogens (tertiary/aromatic N) is 5. The van der Waals surface area contributed by atoms with E-state index in [2.05, 4.69) is 20.3 Å². The Morgan fingerprint density at radius 1 is 1.48 bits per heavy atom. The first-order valence-electron chi connectivity index (χ1n) is 6.45. The van der Waals surface area contributed by atoms with Gasteiger partial charge in [0.1, 0.15) is 23.3 Å². The molecule has 3 rings (SSSR count). The van der Waals surface area contributed by atoms with Crippen LogP contribution in [0, 0.1) is 0 Å². The van der Waals surface area contributed by atoms with Crippen LogP contribution >= 0.6 is 11.6 Å². The van der Waals surface area contributed by atoms with E-state index in [-0.39, 0.29) is 0 Å². The van der Waals surface area contributed by atoms with Gasteiger partial charge < -0.3 is 16.0 Å². The molecule has 1 amide bonds. The number of carbonyl (C=O) groups excluding carboxylic acids is 1. The van der Waals surface area contributed by atoms with E-state index in [1.807, 2.05) is 4.90 Å². The minimum Gasteiger partial charge on any atom is -0.368 e. The van der Waals surface area contributed by atoms with Crippen LogP contribution in [0.2, 0.25) is 5.15 Å². The minimum atomic E-state index is -0.458. The molecule has 0 aliphatic carbocycles. The van der Waals surface area contributed by atoms with Crippen molar-refractivity contribution in [1.29, 1.82) is 0 Å². The highest BCUT2D eigenvalue weighted by molar-refractivity contribution is 6.29. The van der Waals surface area contributed by atoms with Crippen molar-refractivity contribution in [3.8, 4) is 5.95 Å². The predicted octanol–water partition coefficient (Wildman–Crippen LogP) is -0.421. The monoisotopic (exact) mass is 307 g/mol. The third-order valence-electron chi connectivity index (χ3n) is 3.27. The summed E-state index contributed by atoms with van der Waals surface area (Å²) in [5.41, 5.74) is 5.45. The molecule has 1 saturated heterocycles. The molecule has 110 valence electrons. The lowest BCUT2D eigenvalue weighted by molar-refractivity contribution is -0.119. The number of aromatic nitrogens is 4. The van der Waals surface area contributed by atoms with Gasteiger partial charge in [-0.15, -0.1) is 0 Å². The summed E-state index contributed by atoms with van der Waals surface area (Å²) in [7, 11) is 0. The van der Waals surface area contributed by atoms with Crippen LogP contribution < -0.4 is 16.0 Å². The molecule has 0 radical (unpaired) electrons. The lowest BCUT2D eigenvalue weighted by Crippen LogP contribution is -2.57. The first-order chi connectivity index (χ1) is 10.1. The number of anilines is 1. The van der Waals surface area contributed by atoms with Crippen LogP contribution in [0.5, 0.6) is 0 Å². The van der Waals surface area contributed by atoms with E-state index < -0.39 is 11.9 Å². The topological polar surface area (TPSA) is 102 Å². The SMILES string of the molecule is NC(=O)C1CNCCN1c1cc(Cl)nc(-n2ccnc2)n1. The van der Waals surface area contributed by atoms with Crippen molar-refractivity contribution >= 4 is 23.3 Å². The number of carbonyl (C=O) groups is 1. The number of nitrogens with one attached hydrogen (secondary N) is 1. The fourth-order valence-electron chi connectivity index (χ4n) is 2.27. The van der Waals surface area contributed by atoms with Crippen LogP contribution in [0.15, 0.2) is 24.8 Å². The van der Waals surface area contributed by atoms with E-state index >= 15 is 0 Å². The van der Waals surface area contributed by atoms with E-state index in [4.69, 9.17) is 17.3 Å². The maximum atomic E-state index is 11.6. The summed E-state index contributed by atoms with van der Waals surface area (Å²) in [6.07, 6.45) is 4.93. The van der Waals surface area contributed by atoms with Gasteiger partial charge in [0.15, 0.2) is 0 Å². The van der Waals surface area contributed by atoms with Crippen LogP contribution in [0.1, 0.15) is 0 Å². The first-order valence-corrected chi connectivity index (χ1v) is 6.82. The maximum Gasteiger partial charge on any atom is 0.241 e. The number of amides is 1. The number of primary amides is 1. The highest BCUT2D eigenvalue weighted by atomic mass is 35.5. The van der Waals surface area contributed by atoms with Crippen molar-refractivity contribution in [3.63, 3.8) is 0 Å². The smallest absolute Gasteiger partial charge is 0.241 e. The molecule has 3 N–H and O–H groups in total. The van der Waals surface area contributed by atoms with Crippen molar-refractivity contribution < 1.29 is 4.79 Å². The molecule has 1 fully saturated rings. The van der Waals surface area contributed by atoms with Gasteiger partial charge in [0.25, 0.3) is 0 Å². The van der Waals surface area contributed by atoms with Crippen molar-refractivity contribution in [1.82, 2.24) is 24.8 Å². The summed E-state index contributed by atoms with van der Waals surface area (Å²) in [5, 5.41) is 3.44. The summed E-state index contributed by atoms with van der Waals surface area (Å²) in [4.78, 5) is 26.0. The van der Waals surface area contributed by atoms with Crippen LogP contribution in [-0.4, -0.2) is 51.1 Å². The molecule has 1 aliphatic rings. The lowest BCUT2D eigenvalue weighted by atomic mass is 10.2. The number of piperazine rings is 1. The zero-order valence-corrected chi connectivity index (χ0v) is 11.9. The lowest BCUT2D eigenvalue weighted by Gasteiger charge is -2.35. The molecule has 1 atom stereocenters. The molecular formula is C12H14ClN7O. The summed E-state index contributed by atoms with van der Waals surface area (Å²) >= 11 is 6.07.